The molecule has 0 aliphatic heterocycles. The molecule has 0 atom stereocenters. The average molecular weight is 432 g/mol. The summed E-state index contributed by atoms with van der Waals surface area (Å²) in [6.07, 6.45) is -3.01. The third-order valence-corrected chi connectivity index (χ3v) is 4.30. The third kappa shape index (κ3) is 6.18. The van der Waals surface area contributed by atoms with Crippen LogP contribution >= 0.6 is 0 Å². The molecule has 1 amide bonds. The lowest BCUT2D eigenvalue weighted by atomic mass is 10.1. The highest BCUT2D eigenvalue weighted by Gasteiger charge is 2.33. The summed E-state index contributed by atoms with van der Waals surface area (Å²) in [4.78, 5) is 27.8. The lowest BCUT2D eigenvalue weighted by molar-refractivity contribution is -0.147. The predicted molar refractivity (Wildman–Crippen MR) is 106 cm³/mol. The van der Waals surface area contributed by atoms with E-state index >= 15 is 0 Å². The highest BCUT2D eigenvalue weighted by Crippen LogP contribution is 2.34. The summed E-state index contributed by atoms with van der Waals surface area (Å²) in [5.41, 5.74) is 0.572. The molecule has 0 radical (unpaired) electrons. The molecule has 3 aromatic rings. The van der Waals surface area contributed by atoms with Gasteiger partial charge in [-0.25, -0.2) is 4.98 Å². The van der Waals surface area contributed by atoms with Gasteiger partial charge in [0.1, 0.15) is 0 Å². The van der Waals surface area contributed by atoms with Crippen LogP contribution in [0, 0.1) is 6.92 Å². The minimum Gasteiger partial charge on any atom is -0.456 e. The first kappa shape index (κ1) is 22.1. The van der Waals surface area contributed by atoms with Crippen LogP contribution < -0.4 is 5.32 Å². The van der Waals surface area contributed by atoms with Crippen LogP contribution in [0.3, 0.4) is 0 Å². The van der Waals surface area contributed by atoms with Crippen molar-refractivity contribution < 1.29 is 31.9 Å². The molecule has 0 spiro atoms. The Morgan fingerprint density at radius 3 is 2.52 bits per heavy atom. The molecule has 0 unspecified atom stereocenters. The fraction of sp³-hybridized carbons (Fsp3) is 0.227. The van der Waals surface area contributed by atoms with E-state index in [4.69, 9.17) is 9.15 Å². The van der Waals surface area contributed by atoms with Gasteiger partial charge < -0.3 is 14.5 Å². The predicted octanol–water partition coefficient (Wildman–Crippen LogP) is 4.78. The summed E-state index contributed by atoms with van der Waals surface area (Å²) in [7, 11) is 0. The standard InChI is InChI=1S/C22H19F3N2O4/c1-14-6-8-15(9-7-14)18-12-26-20(31-18)10-11-21(29)30-13-19(28)27-17-5-3-2-4-16(17)22(23,24)25/h2-9,12H,10-11,13H2,1H3,(H,27,28). The molecule has 162 valence electrons. The number of oxazole rings is 1. The van der Waals surface area contributed by atoms with E-state index in [1.807, 2.05) is 31.2 Å². The molecular weight excluding hydrogens is 413 g/mol. The van der Waals surface area contributed by atoms with Crippen molar-refractivity contribution in [2.45, 2.75) is 25.9 Å². The largest absolute Gasteiger partial charge is 0.456 e. The topological polar surface area (TPSA) is 81.4 Å². The third-order valence-electron chi connectivity index (χ3n) is 4.30. The monoisotopic (exact) mass is 432 g/mol. The first-order valence-corrected chi connectivity index (χ1v) is 9.36. The zero-order valence-electron chi connectivity index (χ0n) is 16.5. The molecule has 0 aliphatic carbocycles. The number of alkyl halides is 3. The number of hydrogen-bond acceptors (Lipinski definition) is 5. The number of benzene rings is 2. The van der Waals surface area contributed by atoms with Crippen LogP contribution in [0.2, 0.25) is 0 Å². The Balaban J connectivity index is 1.47. The molecule has 0 fully saturated rings. The highest BCUT2D eigenvalue weighted by atomic mass is 19.4. The van der Waals surface area contributed by atoms with E-state index in [1.165, 1.54) is 12.1 Å². The van der Waals surface area contributed by atoms with Gasteiger partial charge in [-0.3, -0.25) is 9.59 Å². The second kappa shape index (κ2) is 9.46. The van der Waals surface area contributed by atoms with Crippen molar-refractivity contribution in [2.75, 3.05) is 11.9 Å². The van der Waals surface area contributed by atoms with Crippen molar-refractivity contribution in [3.63, 3.8) is 0 Å². The molecule has 6 nitrogen and oxygen atoms in total. The zero-order chi connectivity index (χ0) is 22.4. The van der Waals surface area contributed by atoms with Gasteiger partial charge in [-0.15, -0.1) is 0 Å². The van der Waals surface area contributed by atoms with E-state index in [0.717, 1.165) is 23.3 Å². The number of nitrogens with one attached hydrogen (secondary N) is 1. The second-order valence-electron chi connectivity index (χ2n) is 6.74. The lowest BCUT2D eigenvalue weighted by Gasteiger charge is -2.13. The number of amides is 1. The summed E-state index contributed by atoms with van der Waals surface area (Å²) in [6, 6.07) is 12.2. The molecule has 31 heavy (non-hydrogen) atoms. The van der Waals surface area contributed by atoms with Crippen LogP contribution in [0.1, 0.15) is 23.4 Å². The highest BCUT2D eigenvalue weighted by molar-refractivity contribution is 5.93. The molecule has 3 rings (SSSR count). The van der Waals surface area contributed by atoms with Gasteiger partial charge in [0.15, 0.2) is 18.3 Å². The molecule has 1 heterocycles. The van der Waals surface area contributed by atoms with E-state index in [0.29, 0.717) is 11.7 Å². The number of nitrogens with zero attached hydrogens (tertiary/aromatic N) is 1. The first-order chi connectivity index (χ1) is 14.7. The molecule has 0 saturated heterocycles. The van der Waals surface area contributed by atoms with Crippen LogP contribution in [0.25, 0.3) is 11.3 Å². The maximum Gasteiger partial charge on any atom is 0.418 e. The van der Waals surface area contributed by atoms with Crippen LogP contribution in [-0.4, -0.2) is 23.5 Å². The zero-order valence-corrected chi connectivity index (χ0v) is 16.5. The van der Waals surface area contributed by atoms with Gasteiger partial charge in [-0.2, -0.15) is 13.2 Å². The van der Waals surface area contributed by atoms with Crippen LogP contribution in [0.4, 0.5) is 18.9 Å². The average Bonchev–Trinajstić information content (AvgIpc) is 3.20. The first-order valence-electron chi connectivity index (χ1n) is 9.36. The Morgan fingerprint density at radius 1 is 1.10 bits per heavy atom. The molecule has 0 bridgehead atoms. The van der Waals surface area contributed by atoms with E-state index in [1.54, 1.807) is 6.20 Å². The number of esters is 1. The fourth-order valence-electron chi connectivity index (χ4n) is 2.73. The Hall–Kier alpha value is -3.62. The molecule has 0 aliphatic rings. The Kier molecular flexibility index (Phi) is 6.74. The number of carbonyl (C=O) groups excluding carboxylic acids is 2. The molecule has 0 saturated carbocycles. The number of anilines is 1. The second-order valence-corrected chi connectivity index (χ2v) is 6.74. The minimum atomic E-state index is -4.62. The number of aryl methyl sites for hydroxylation is 2. The summed E-state index contributed by atoms with van der Waals surface area (Å²) in [5, 5.41) is 2.10. The van der Waals surface area contributed by atoms with Gasteiger partial charge in [0, 0.05) is 12.0 Å². The van der Waals surface area contributed by atoms with Crippen molar-refractivity contribution >= 4 is 17.6 Å². The summed E-state index contributed by atoms with van der Waals surface area (Å²) < 4.78 is 49.3. The van der Waals surface area contributed by atoms with Crippen LogP contribution in [0.15, 0.2) is 59.1 Å². The quantitative estimate of drug-likeness (QED) is 0.544. The minimum absolute atomic E-state index is 0.0970. The van der Waals surface area contributed by atoms with Crippen LogP contribution in [-0.2, 0) is 26.9 Å². The summed E-state index contributed by atoms with van der Waals surface area (Å²) in [6.45, 7) is 1.27. The van der Waals surface area contributed by atoms with Crippen molar-refractivity contribution in [1.29, 1.82) is 0 Å². The number of para-hydroxylation sites is 1. The van der Waals surface area contributed by atoms with E-state index in [-0.39, 0.29) is 12.8 Å². The van der Waals surface area contributed by atoms with Crippen molar-refractivity contribution in [2.24, 2.45) is 0 Å². The van der Waals surface area contributed by atoms with Gasteiger partial charge >= 0.3 is 12.1 Å². The Morgan fingerprint density at radius 2 is 1.81 bits per heavy atom. The van der Waals surface area contributed by atoms with Crippen molar-refractivity contribution in [3.05, 3.63) is 71.7 Å². The Labute approximate surface area is 176 Å². The van der Waals surface area contributed by atoms with Gasteiger partial charge in [0.2, 0.25) is 0 Å². The van der Waals surface area contributed by atoms with Crippen LogP contribution in [0.5, 0.6) is 0 Å². The molecule has 1 aromatic heterocycles. The number of ether oxygens (including phenoxy) is 1. The number of halogens is 3. The van der Waals surface area contributed by atoms with E-state index in [2.05, 4.69) is 10.3 Å². The number of hydrogen-bond donors (Lipinski definition) is 1. The Bertz CT molecular complexity index is 1060. The number of carbonyl (C=O) groups is 2. The number of rotatable bonds is 7. The molecule has 2 aromatic carbocycles. The van der Waals surface area contributed by atoms with Crippen molar-refractivity contribution in [1.82, 2.24) is 4.98 Å². The normalized spacial score (nSPS) is 11.2. The van der Waals surface area contributed by atoms with Gasteiger partial charge in [0.25, 0.3) is 5.91 Å². The smallest absolute Gasteiger partial charge is 0.418 e. The molecular formula is C22H19F3N2O4. The van der Waals surface area contributed by atoms with Crippen molar-refractivity contribution in [3.8, 4) is 11.3 Å². The lowest BCUT2D eigenvalue weighted by Crippen LogP contribution is -2.22. The molecule has 1 N–H and O–H groups in total. The maximum atomic E-state index is 13.0. The summed E-state index contributed by atoms with van der Waals surface area (Å²) in [5.74, 6) is -0.681. The van der Waals surface area contributed by atoms with E-state index in [9.17, 15) is 22.8 Å². The fourth-order valence-corrected chi connectivity index (χ4v) is 2.73. The maximum absolute atomic E-state index is 13.0. The summed E-state index contributed by atoms with van der Waals surface area (Å²) >= 11 is 0. The van der Waals surface area contributed by atoms with Gasteiger partial charge in [-0.05, 0) is 19.1 Å². The number of aromatic nitrogens is 1. The molecule has 9 heteroatoms. The van der Waals surface area contributed by atoms with Gasteiger partial charge in [0.05, 0.1) is 23.9 Å². The SMILES string of the molecule is Cc1ccc(-c2cnc(CCC(=O)OCC(=O)Nc3ccccc3C(F)(F)F)o2)cc1. The van der Waals surface area contributed by atoms with E-state index < -0.39 is 35.9 Å². The van der Waals surface area contributed by atoms with Gasteiger partial charge in [-0.1, -0.05) is 42.0 Å².